The van der Waals surface area contributed by atoms with E-state index in [-0.39, 0.29) is 11.9 Å². The van der Waals surface area contributed by atoms with Gasteiger partial charge in [0, 0.05) is 34.6 Å². The van der Waals surface area contributed by atoms with E-state index in [4.69, 9.17) is 11.6 Å². The molecular weight excluding hydrogens is 486 g/mol. The third-order valence-electron chi connectivity index (χ3n) is 6.42. The van der Waals surface area contributed by atoms with E-state index in [1.807, 2.05) is 44.3 Å². The maximum absolute atomic E-state index is 13.8. The van der Waals surface area contributed by atoms with Gasteiger partial charge in [0.05, 0.1) is 5.02 Å². The minimum atomic E-state index is 0.0595. The van der Waals surface area contributed by atoms with Crippen LogP contribution in [0.1, 0.15) is 66.8 Å². The minimum Gasteiger partial charge on any atom is -0.361 e. The molecule has 1 aliphatic rings. The molecule has 4 nitrogen and oxygen atoms in total. The average Bonchev–Trinajstić information content (AvgIpc) is 3.53. The highest BCUT2D eigenvalue weighted by molar-refractivity contribution is 7.21. The van der Waals surface area contributed by atoms with Crippen LogP contribution in [0, 0.1) is 6.92 Å². The van der Waals surface area contributed by atoms with Crippen LogP contribution in [0.5, 0.6) is 0 Å². The Morgan fingerprint density at radius 1 is 1.06 bits per heavy atom. The van der Waals surface area contributed by atoms with Crippen molar-refractivity contribution < 1.29 is 4.79 Å². The number of H-pyrrole nitrogens is 1. The van der Waals surface area contributed by atoms with Gasteiger partial charge in [-0.05, 0) is 61.7 Å². The summed E-state index contributed by atoms with van der Waals surface area (Å²) in [4.78, 5) is 19.9. The van der Waals surface area contributed by atoms with Crippen LogP contribution in [0.15, 0.2) is 60.8 Å². The summed E-state index contributed by atoms with van der Waals surface area (Å²) >= 11 is 8.21. The Hall–Kier alpha value is -2.60. The molecule has 2 aromatic carbocycles. The second kappa shape index (κ2) is 13.6. The molecule has 5 rings (SSSR count). The number of aromatic nitrogens is 1. The first-order chi connectivity index (χ1) is 17.6. The van der Waals surface area contributed by atoms with E-state index in [1.54, 1.807) is 0 Å². The first-order valence-electron chi connectivity index (χ1n) is 12.9. The molecule has 1 fully saturated rings. The van der Waals surface area contributed by atoms with Crippen LogP contribution in [0.4, 0.5) is 0 Å². The SMILES string of the molecule is CC.CN.Cc1c[nH]c(-c2cccc(CN(C(=O)c3sc4ccccc4c3Cl)C3CCCCC3)c2)c1. The monoisotopic (exact) mass is 523 g/mol. The molecule has 2 heterocycles. The molecule has 192 valence electrons. The van der Waals surface area contributed by atoms with Crippen molar-refractivity contribution in [2.75, 3.05) is 7.05 Å². The topological polar surface area (TPSA) is 62.1 Å². The van der Waals surface area contributed by atoms with Gasteiger partial charge in [0.15, 0.2) is 0 Å². The van der Waals surface area contributed by atoms with Gasteiger partial charge < -0.3 is 15.6 Å². The van der Waals surface area contributed by atoms with E-state index in [0.29, 0.717) is 16.4 Å². The number of aryl methyl sites for hydroxylation is 1. The minimum absolute atomic E-state index is 0.0595. The van der Waals surface area contributed by atoms with Gasteiger partial charge in [-0.25, -0.2) is 0 Å². The van der Waals surface area contributed by atoms with Crippen molar-refractivity contribution in [3.63, 3.8) is 0 Å². The molecule has 3 N–H and O–H groups in total. The van der Waals surface area contributed by atoms with Crippen LogP contribution < -0.4 is 5.73 Å². The molecule has 4 aromatic rings. The van der Waals surface area contributed by atoms with Gasteiger partial charge in [-0.2, -0.15) is 0 Å². The summed E-state index contributed by atoms with van der Waals surface area (Å²) in [6, 6.07) is 18.9. The number of carbonyl (C=O) groups is 1. The zero-order valence-electron chi connectivity index (χ0n) is 21.8. The Bertz CT molecular complexity index is 1260. The fourth-order valence-corrected chi connectivity index (χ4v) is 6.21. The van der Waals surface area contributed by atoms with Crippen molar-refractivity contribution in [1.82, 2.24) is 9.88 Å². The van der Waals surface area contributed by atoms with Crippen molar-refractivity contribution in [2.45, 2.75) is 65.5 Å². The lowest BCUT2D eigenvalue weighted by Gasteiger charge is -2.34. The summed E-state index contributed by atoms with van der Waals surface area (Å²) in [6.45, 7) is 6.68. The van der Waals surface area contributed by atoms with Crippen molar-refractivity contribution in [3.05, 3.63) is 81.8 Å². The fourth-order valence-electron chi connectivity index (χ4n) is 4.74. The number of amides is 1. The molecule has 0 bridgehead atoms. The zero-order valence-corrected chi connectivity index (χ0v) is 23.4. The molecule has 0 radical (unpaired) electrons. The summed E-state index contributed by atoms with van der Waals surface area (Å²) in [5.41, 5.74) is 9.11. The normalized spacial score (nSPS) is 13.4. The van der Waals surface area contributed by atoms with Crippen LogP contribution in [-0.4, -0.2) is 28.9 Å². The Morgan fingerprint density at radius 3 is 2.44 bits per heavy atom. The molecule has 36 heavy (non-hydrogen) atoms. The van der Waals surface area contributed by atoms with Gasteiger partial charge in [-0.15, -0.1) is 11.3 Å². The first kappa shape index (κ1) is 28.0. The Kier molecular flexibility index (Phi) is 10.6. The first-order valence-corrected chi connectivity index (χ1v) is 14.1. The average molecular weight is 524 g/mol. The van der Waals surface area contributed by atoms with E-state index in [0.717, 1.165) is 39.7 Å². The second-order valence-electron chi connectivity index (χ2n) is 8.76. The van der Waals surface area contributed by atoms with E-state index in [1.165, 1.54) is 43.2 Å². The number of fused-ring (bicyclic) bond motifs is 1. The fraction of sp³-hybridized carbons (Fsp3) is 0.367. The van der Waals surface area contributed by atoms with Gasteiger partial charge in [0.25, 0.3) is 5.91 Å². The Labute approximate surface area is 224 Å². The maximum Gasteiger partial charge on any atom is 0.266 e. The zero-order chi connectivity index (χ0) is 26.1. The largest absolute Gasteiger partial charge is 0.361 e. The van der Waals surface area contributed by atoms with Crippen LogP contribution in [0.25, 0.3) is 21.3 Å². The highest BCUT2D eigenvalue weighted by Gasteiger charge is 2.29. The maximum atomic E-state index is 13.8. The highest BCUT2D eigenvalue weighted by atomic mass is 35.5. The van der Waals surface area contributed by atoms with Crippen LogP contribution in [-0.2, 0) is 6.54 Å². The van der Waals surface area contributed by atoms with E-state index < -0.39 is 0 Å². The van der Waals surface area contributed by atoms with Gasteiger partial charge in [-0.3, -0.25) is 4.79 Å². The smallest absolute Gasteiger partial charge is 0.266 e. The number of nitrogens with zero attached hydrogens (tertiary/aromatic N) is 1. The molecule has 1 aliphatic carbocycles. The van der Waals surface area contributed by atoms with Gasteiger partial charge >= 0.3 is 0 Å². The van der Waals surface area contributed by atoms with Crippen LogP contribution in [0.3, 0.4) is 0 Å². The molecule has 0 unspecified atom stereocenters. The predicted octanol–water partition coefficient (Wildman–Crippen LogP) is 8.43. The summed E-state index contributed by atoms with van der Waals surface area (Å²) in [5.74, 6) is 0.0595. The standard InChI is InChI=1S/C27H27ClN2OS.C2H6.CH5N/c1-18-14-23(29-16-18)20-9-7-8-19(15-20)17-30(21-10-3-2-4-11-21)27(31)26-25(28)22-12-5-6-13-24(22)32-26;2*1-2/h5-9,12-16,21,29H,2-4,10-11,17H2,1H3;1-2H3;2H2,1H3. The number of nitrogens with two attached hydrogens (primary N) is 1. The number of hydrogen-bond acceptors (Lipinski definition) is 3. The lowest BCUT2D eigenvalue weighted by molar-refractivity contribution is 0.0619. The second-order valence-corrected chi connectivity index (χ2v) is 10.2. The number of hydrogen-bond donors (Lipinski definition) is 2. The molecule has 6 heteroatoms. The van der Waals surface area contributed by atoms with E-state index in [9.17, 15) is 4.79 Å². The molecule has 0 spiro atoms. The molecule has 1 amide bonds. The molecule has 0 aliphatic heterocycles. The van der Waals surface area contributed by atoms with Crippen molar-refractivity contribution >= 4 is 38.9 Å². The van der Waals surface area contributed by atoms with E-state index >= 15 is 0 Å². The number of nitrogens with one attached hydrogen (secondary N) is 1. The van der Waals surface area contributed by atoms with Crippen molar-refractivity contribution in [3.8, 4) is 11.3 Å². The summed E-state index contributed by atoms with van der Waals surface area (Å²) in [7, 11) is 1.50. The number of halogens is 1. The summed E-state index contributed by atoms with van der Waals surface area (Å²) < 4.78 is 1.06. The summed E-state index contributed by atoms with van der Waals surface area (Å²) in [6.07, 6.45) is 7.74. The number of thiophene rings is 1. The molecule has 0 atom stereocenters. The van der Waals surface area contributed by atoms with Crippen LogP contribution in [0.2, 0.25) is 5.02 Å². The third kappa shape index (κ3) is 6.39. The van der Waals surface area contributed by atoms with Gasteiger partial charge in [-0.1, -0.05) is 81.1 Å². The lowest BCUT2D eigenvalue weighted by Crippen LogP contribution is -2.40. The molecule has 0 saturated heterocycles. The number of benzene rings is 2. The predicted molar refractivity (Wildman–Crippen MR) is 156 cm³/mol. The quantitative estimate of drug-likeness (QED) is 0.275. The van der Waals surface area contributed by atoms with Gasteiger partial charge in [0.1, 0.15) is 4.88 Å². The molecular formula is C30H38ClN3OS. The third-order valence-corrected chi connectivity index (χ3v) is 8.09. The Balaban J connectivity index is 0.000000861. The van der Waals surface area contributed by atoms with Crippen molar-refractivity contribution in [2.24, 2.45) is 5.73 Å². The van der Waals surface area contributed by atoms with Crippen molar-refractivity contribution in [1.29, 1.82) is 0 Å². The number of rotatable bonds is 5. The lowest BCUT2D eigenvalue weighted by atomic mass is 9.93. The highest BCUT2D eigenvalue weighted by Crippen LogP contribution is 2.37. The molecule has 1 saturated carbocycles. The van der Waals surface area contributed by atoms with Crippen LogP contribution >= 0.6 is 22.9 Å². The number of carbonyl (C=O) groups excluding carboxylic acids is 1. The number of aromatic amines is 1. The van der Waals surface area contributed by atoms with E-state index in [2.05, 4.69) is 52.9 Å². The summed E-state index contributed by atoms with van der Waals surface area (Å²) in [5, 5.41) is 1.56. The molecule has 2 aromatic heterocycles. The van der Waals surface area contributed by atoms with Gasteiger partial charge in [0.2, 0.25) is 0 Å². The Morgan fingerprint density at radius 2 is 1.78 bits per heavy atom.